The van der Waals surface area contributed by atoms with Gasteiger partial charge >= 0.3 is 0 Å². The van der Waals surface area contributed by atoms with Gasteiger partial charge in [0.05, 0.1) is 31.5 Å². The molecular weight excluding hydrogens is 332 g/mol. The molecule has 2 atom stereocenters. The fourth-order valence-electron chi connectivity index (χ4n) is 3.71. The highest BCUT2D eigenvalue weighted by molar-refractivity contribution is 5.90. The van der Waals surface area contributed by atoms with Gasteiger partial charge in [-0.15, -0.1) is 0 Å². The van der Waals surface area contributed by atoms with Crippen molar-refractivity contribution in [3.8, 4) is 0 Å². The molecule has 2 fully saturated rings. The van der Waals surface area contributed by atoms with Crippen LogP contribution < -0.4 is 0 Å². The first-order chi connectivity index (χ1) is 12.7. The number of hydrogen-bond acceptors (Lipinski definition) is 6. The van der Waals surface area contributed by atoms with Crippen LogP contribution in [0.1, 0.15) is 35.4 Å². The lowest BCUT2D eigenvalue weighted by atomic mass is 9.89. The Balaban J connectivity index is 1.36. The summed E-state index contributed by atoms with van der Waals surface area (Å²) in [5.74, 6) is 0.111. The number of rotatable bonds is 4. The van der Waals surface area contributed by atoms with Crippen molar-refractivity contribution in [1.82, 2.24) is 19.9 Å². The van der Waals surface area contributed by atoms with E-state index in [9.17, 15) is 4.79 Å². The van der Waals surface area contributed by atoms with Crippen LogP contribution in [-0.4, -0.2) is 57.2 Å². The highest BCUT2D eigenvalue weighted by atomic mass is 16.6. The molecule has 0 bridgehead atoms. The van der Waals surface area contributed by atoms with E-state index in [1.165, 1.54) is 0 Å². The topological polar surface area (TPSA) is 77.4 Å². The van der Waals surface area contributed by atoms with E-state index in [0.29, 0.717) is 26.3 Å². The summed E-state index contributed by atoms with van der Waals surface area (Å²) in [5, 5.41) is 0. The number of carbonyl (C=O) groups is 1. The van der Waals surface area contributed by atoms with Gasteiger partial charge in [0.1, 0.15) is 0 Å². The van der Waals surface area contributed by atoms with Crippen LogP contribution in [0.15, 0.2) is 43.0 Å². The number of aromatic nitrogens is 3. The highest BCUT2D eigenvalue weighted by Crippen LogP contribution is 2.36. The summed E-state index contributed by atoms with van der Waals surface area (Å²) >= 11 is 0. The van der Waals surface area contributed by atoms with Crippen molar-refractivity contribution in [2.75, 3.05) is 19.7 Å². The summed E-state index contributed by atoms with van der Waals surface area (Å²) < 4.78 is 12.1. The molecule has 2 aromatic rings. The summed E-state index contributed by atoms with van der Waals surface area (Å²) in [6, 6.07) is 5.61. The lowest BCUT2D eigenvalue weighted by Gasteiger charge is -2.39. The minimum absolute atomic E-state index is 0.0400. The Morgan fingerprint density at radius 3 is 3.00 bits per heavy atom. The number of piperidine rings is 1. The third-order valence-corrected chi connectivity index (χ3v) is 4.97. The molecule has 7 nitrogen and oxygen atoms in total. The van der Waals surface area contributed by atoms with Crippen molar-refractivity contribution in [2.45, 2.75) is 37.6 Å². The monoisotopic (exact) mass is 354 g/mol. The maximum absolute atomic E-state index is 12.6. The number of carbonyl (C=O) groups excluding carboxylic acids is 1. The van der Waals surface area contributed by atoms with Gasteiger partial charge in [-0.25, -0.2) is 9.97 Å². The minimum atomic E-state index is -0.317. The van der Waals surface area contributed by atoms with Crippen LogP contribution in [0.4, 0.5) is 0 Å². The van der Waals surface area contributed by atoms with Crippen LogP contribution in [0.25, 0.3) is 0 Å². The molecule has 4 heterocycles. The second kappa shape index (κ2) is 7.47. The van der Waals surface area contributed by atoms with E-state index < -0.39 is 0 Å². The van der Waals surface area contributed by atoms with Gasteiger partial charge in [-0.05, 0) is 30.5 Å². The second-order valence-corrected chi connectivity index (χ2v) is 6.90. The molecule has 2 saturated heterocycles. The zero-order valence-electron chi connectivity index (χ0n) is 14.6. The zero-order chi connectivity index (χ0) is 17.8. The van der Waals surface area contributed by atoms with E-state index in [1.54, 1.807) is 24.7 Å². The number of amides is 1. The minimum Gasteiger partial charge on any atom is -0.371 e. The number of pyridine rings is 1. The first-order valence-corrected chi connectivity index (χ1v) is 8.95. The molecule has 1 amide bonds. The van der Waals surface area contributed by atoms with Gasteiger partial charge in [0.25, 0.3) is 5.91 Å². The smallest absolute Gasteiger partial charge is 0.291 e. The standard InChI is InChI=1S/C19H22N4O3/c24-18(17-21-7-3-8-22-17)23-9-2-5-19(14-23)10-16(13-26-19)25-12-15-4-1-6-20-11-15/h1,3-4,6-8,11,16H,2,5,9-10,12-14H2/t16-,19+/m1/s1. The molecule has 2 aliphatic rings. The molecule has 1 spiro atoms. The van der Waals surface area contributed by atoms with Crippen LogP contribution in [0, 0.1) is 0 Å². The number of hydrogen-bond donors (Lipinski definition) is 0. The van der Waals surface area contributed by atoms with E-state index in [-0.39, 0.29) is 23.4 Å². The molecule has 136 valence electrons. The quantitative estimate of drug-likeness (QED) is 0.834. The number of nitrogens with zero attached hydrogens (tertiary/aromatic N) is 4. The van der Waals surface area contributed by atoms with Crippen molar-refractivity contribution in [2.24, 2.45) is 0 Å². The summed E-state index contributed by atoms with van der Waals surface area (Å²) in [4.78, 5) is 26.7. The van der Waals surface area contributed by atoms with Gasteiger partial charge in [0.15, 0.2) is 0 Å². The summed E-state index contributed by atoms with van der Waals surface area (Å²) in [6.07, 6.45) is 9.44. The molecule has 2 aromatic heterocycles. The van der Waals surface area contributed by atoms with E-state index in [0.717, 1.165) is 24.8 Å². The summed E-state index contributed by atoms with van der Waals surface area (Å²) in [7, 11) is 0. The molecule has 0 radical (unpaired) electrons. The molecule has 0 N–H and O–H groups in total. The van der Waals surface area contributed by atoms with Crippen molar-refractivity contribution in [1.29, 1.82) is 0 Å². The van der Waals surface area contributed by atoms with Crippen LogP contribution in [0.3, 0.4) is 0 Å². The van der Waals surface area contributed by atoms with Gasteiger partial charge in [0, 0.05) is 37.8 Å². The fourth-order valence-corrected chi connectivity index (χ4v) is 3.71. The Kier molecular flexibility index (Phi) is 4.90. The Morgan fingerprint density at radius 1 is 1.31 bits per heavy atom. The lowest BCUT2D eigenvalue weighted by Crippen LogP contribution is -2.50. The first-order valence-electron chi connectivity index (χ1n) is 8.95. The van der Waals surface area contributed by atoms with Crippen molar-refractivity contribution < 1.29 is 14.3 Å². The van der Waals surface area contributed by atoms with Crippen LogP contribution in [-0.2, 0) is 16.1 Å². The normalized spacial score (nSPS) is 25.5. The molecular formula is C19H22N4O3. The van der Waals surface area contributed by atoms with Gasteiger partial charge in [-0.1, -0.05) is 6.07 Å². The average molecular weight is 354 g/mol. The highest BCUT2D eigenvalue weighted by Gasteiger charge is 2.45. The number of likely N-dealkylation sites (tertiary alicyclic amines) is 1. The van der Waals surface area contributed by atoms with Gasteiger partial charge in [-0.2, -0.15) is 0 Å². The average Bonchev–Trinajstić information content (AvgIpc) is 3.09. The third kappa shape index (κ3) is 3.73. The molecule has 0 saturated carbocycles. The van der Waals surface area contributed by atoms with Crippen LogP contribution in [0.2, 0.25) is 0 Å². The van der Waals surface area contributed by atoms with E-state index in [2.05, 4.69) is 15.0 Å². The molecule has 0 aromatic carbocycles. The van der Waals surface area contributed by atoms with Crippen molar-refractivity contribution >= 4 is 5.91 Å². The Labute approximate surface area is 152 Å². The first kappa shape index (κ1) is 17.1. The van der Waals surface area contributed by atoms with E-state index in [1.807, 2.05) is 23.2 Å². The maximum atomic E-state index is 12.6. The molecule has 2 aliphatic heterocycles. The maximum Gasteiger partial charge on any atom is 0.291 e. The van der Waals surface area contributed by atoms with Gasteiger partial charge in [-0.3, -0.25) is 9.78 Å². The largest absolute Gasteiger partial charge is 0.371 e. The number of ether oxygens (including phenoxy) is 2. The Hall–Kier alpha value is -2.38. The van der Waals surface area contributed by atoms with Crippen molar-refractivity contribution in [3.05, 3.63) is 54.4 Å². The molecule has 4 rings (SSSR count). The van der Waals surface area contributed by atoms with E-state index >= 15 is 0 Å². The van der Waals surface area contributed by atoms with Crippen LogP contribution >= 0.6 is 0 Å². The van der Waals surface area contributed by atoms with Gasteiger partial charge in [0.2, 0.25) is 5.82 Å². The molecule has 26 heavy (non-hydrogen) atoms. The molecule has 0 unspecified atom stereocenters. The predicted molar refractivity (Wildman–Crippen MR) is 93.3 cm³/mol. The Morgan fingerprint density at radius 2 is 2.19 bits per heavy atom. The van der Waals surface area contributed by atoms with E-state index in [4.69, 9.17) is 9.47 Å². The third-order valence-electron chi connectivity index (χ3n) is 4.97. The van der Waals surface area contributed by atoms with Gasteiger partial charge < -0.3 is 14.4 Å². The SMILES string of the molecule is O=C(c1ncccn1)N1CCC[C@]2(C[C@@H](OCc3cccnc3)CO2)C1. The molecule has 0 aliphatic carbocycles. The lowest BCUT2D eigenvalue weighted by molar-refractivity contribution is -0.0468. The molecule has 7 heteroatoms. The second-order valence-electron chi connectivity index (χ2n) is 6.90. The fraction of sp³-hybridized carbons (Fsp3) is 0.474. The summed E-state index contributed by atoms with van der Waals surface area (Å²) in [6.45, 7) is 2.36. The zero-order valence-corrected chi connectivity index (χ0v) is 14.6. The van der Waals surface area contributed by atoms with Crippen LogP contribution in [0.5, 0.6) is 0 Å². The summed E-state index contributed by atoms with van der Waals surface area (Å²) in [5.41, 5.74) is 0.734. The predicted octanol–water partition coefficient (Wildman–Crippen LogP) is 1.85. The Bertz CT molecular complexity index is 743. The van der Waals surface area contributed by atoms with Crippen molar-refractivity contribution in [3.63, 3.8) is 0 Å².